The van der Waals surface area contributed by atoms with Gasteiger partial charge in [-0.15, -0.1) is 0 Å². The Bertz CT molecular complexity index is 424. The van der Waals surface area contributed by atoms with Crippen LogP contribution in [0.5, 0.6) is 0 Å². The highest BCUT2D eigenvalue weighted by atomic mass is 15.2. The Morgan fingerprint density at radius 3 is 2.77 bits per heavy atom. The molecule has 2 N–H and O–H groups in total. The predicted molar refractivity (Wildman–Crippen MR) is 93.1 cm³/mol. The number of guanidine groups is 1. The number of nitrogens with zero attached hydrogens (tertiary/aromatic N) is 2. The average molecular weight is 302 g/mol. The van der Waals surface area contributed by atoms with Crippen LogP contribution in [0, 0.1) is 5.92 Å². The molecule has 0 radical (unpaired) electrons. The van der Waals surface area contributed by atoms with Crippen molar-refractivity contribution in [2.75, 3.05) is 20.1 Å². The third kappa shape index (κ3) is 6.46. The Morgan fingerprint density at radius 2 is 2.05 bits per heavy atom. The highest BCUT2D eigenvalue weighted by molar-refractivity contribution is 5.79. The molecule has 0 aromatic carbocycles. The van der Waals surface area contributed by atoms with E-state index < -0.39 is 0 Å². The van der Waals surface area contributed by atoms with E-state index in [0.717, 1.165) is 31.4 Å². The summed E-state index contributed by atoms with van der Waals surface area (Å²) in [5.74, 6) is 1.88. The van der Waals surface area contributed by atoms with Crippen LogP contribution in [0.4, 0.5) is 0 Å². The first-order valence-electron chi connectivity index (χ1n) is 8.72. The lowest BCUT2D eigenvalue weighted by Gasteiger charge is -2.21. The lowest BCUT2D eigenvalue weighted by Crippen LogP contribution is -2.38. The largest absolute Gasteiger partial charge is 0.356 e. The highest BCUT2D eigenvalue weighted by Crippen LogP contribution is 2.26. The Labute approximate surface area is 134 Å². The number of aromatic nitrogens is 1. The summed E-state index contributed by atoms with van der Waals surface area (Å²) in [7, 11) is 1.83. The smallest absolute Gasteiger partial charge is 0.190 e. The van der Waals surface area contributed by atoms with Crippen LogP contribution in [-0.2, 0) is 6.42 Å². The van der Waals surface area contributed by atoms with E-state index in [4.69, 9.17) is 0 Å². The second-order valence-electron chi connectivity index (χ2n) is 6.18. The van der Waals surface area contributed by atoms with Gasteiger partial charge in [0.1, 0.15) is 0 Å². The van der Waals surface area contributed by atoms with Crippen molar-refractivity contribution in [3.8, 4) is 0 Å². The third-order valence-electron chi connectivity index (χ3n) is 4.46. The molecular formula is C18H30N4. The molecule has 1 aliphatic carbocycles. The zero-order valence-corrected chi connectivity index (χ0v) is 13.9. The summed E-state index contributed by atoms with van der Waals surface area (Å²) >= 11 is 0. The molecule has 0 amide bonds. The van der Waals surface area contributed by atoms with Gasteiger partial charge < -0.3 is 10.6 Å². The van der Waals surface area contributed by atoms with Crippen LogP contribution < -0.4 is 10.6 Å². The molecule has 1 fully saturated rings. The standard InChI is InChI=1S/C18H30N4/c1-19-18(22-14-11-17-10-5-12-20-15-17)21-13-6-9-16-7-3-2-4-8-16/h5,10,12,15-16H,2-4,6-9,11,13-14H2,1H3,(H2,19,21,22). The fourth-order valence-electron chi connectivity index (χ4n) is 3.17. The SMILES string of the molecule is CN=C(NCCCC1CCCCC1)NCCc1cccnc1. The molecule has 0 bridgehead atoms. The van der Waals surface area contributed by atoms with Gasteiger partial charge in [0.25, 0.3) is 0 Å². The first-order chi connectivity index (χ1) is 10.9. The summed E-state index contributed by atoms with van der Waals surface area (Å²) in [6.45, 7) is 1.90. The molecule has 0 aliphatic heterocycles. The van der Waals surface area contributed by atoms with Gasteiger partial charge in [0.2, 0.25) is 0 Å². The van der Waals surface area contributed by atoms with Crippen molar-refractivity contribution in [2.45, 2.75) is 51.4 Å². The van der Waals surface area contributed by atoms with Crippen LogP contribution in [0.15, 0.2) is 29.5 Å². The zero-order chi connectivity index (χ0) is 15.5. The molecule has 1 heterocycles. The van der Waals surface area contributed by atoms with E-state index >= 15 is 0 Å². The van der Waals surface area contributed by atoms with E-state index in [1.165, 1.54) is 50.5 Å². The summed E-state index contributed by atoms with van der Waals surface area (Å²) in [6.07, 6.45) is 14.5. The maximum atomic E-state index is 4.28. The van der Waals surface area contributed by atoms with Crippen molar-refractivity contribution in [3.63, 3.8) is 0 Å². The number of pyridine rings is 1. The lowest BCUT2D eigenvalue weighted by atomic mass is 9.86. The first-order valence-corrected chi connectivity index (χ1v) is 8.72. The second kappa shape index (κ2) is 10.2. The Morgan fingerprint density at radius 1 is 1.23 bits per heavy atom. The third-order valence-corrected chi connectivity index (χ3v) is 4.46. The molecule has 4 nitrogen and oxygen atoms in total. The Kier molecular flexibility index (Phi) is 7.78. The Hall–Kier alpha value is -1.58. The van der Waals surface area contributed by atoms with E-state index in [2.05, 4.69) is 26.7 Å². The van der Waals surface area contributed by atoms with E-state index in [-0.39, 0.29) is 0 Å². The van der Waals surface area contributed by atoms with Crippen molar-refractivity contribution in [1.29, 1.82) is 0 Å². The molecule has 0 unspecified atom stereocenters. The fourth-order valence-corrected chi connectivity index (χ4v) is 3.17. The van der Waals surface area contributed by atoms with Gasteiger partial charge in [-0.2, -0.15) is 0 Å². The molecule has 2 rings (SSSR count). The summed E-state index contributed by atoms with van der Waals surface area (Å²) in [5, 5.41) is 6.79. The summed E-state index contributed by atoms with van der Waals surface area (Å²) in [5.41, 5.74) is 1.25. The average Bonchev–Trinajstić information content (AvgIpc) is 2.59. The van der Waals surface area contributed by atoms with E-state index in [1.54, 1.807) is 0 Å². The molecular weight excluding hydrogens is 272 g/mol. The maximum absolute atomic E-state index is 4.28. The van der Waals surface area contributed by atoms with Crippen molar-refractivity contribution in [3.05, 3.63) is 30.1 Å². The van der Waals surface area contributed by atoms with Gasteiger partial charge in [-0.1, -0.05) is 38.2 Å². The van der Waals surface area contributed by atoms with Crippen LogP contribution >= 0.6 is 0 Å². The summed E-state index contributed by atoms with van der Waals surface area (Å²) < 4.78 is 0. The minimum atomic E-state index is 0.883. The number of rotatable bonds is 7. The molecule has 122 valence electrons. The molecule has 1 aromatic heterocycles. The molecule has 1 saturated carbocycles. The van der Waals surface area contributed by atoms with E-state index in [0.29, 0.717) is 0 Å². The van der Waals surface area contributed by atoms with E-state index in [9.17, 15) is 0 Å². The predicted octanol–water partition coefficient (Wildman–Crippen LogP) is 3.15. The maximum Gasteiger partial charge on any atom is 0.190 e. The van der Waals surface area contributed by atoms with Gasteiger partial charge in [-0.25, -0.2) is 0 Å². The number of hydrogen-bond acceptors (Lipinski definition) is 2. The topological polar surface area (TPSA) is 49.3 Å². The lowest BCUT2D eigenvalue weighted by molar-refractivity contribution is 0.332. The van der Waals surface area contributed by atoms with Gasteiger partial charge in [0.15, 0.2) is 5.96 Å². The molecule has 0 spiro atoms. The van der Waals surface area contributed by atoms with Crippen LogP contribution in [0.2, 0.25) is 0 Å². The molecule has 0 saturated heterocycles. The van der Waals surface area contributed by atoms with Crippen LogP contribution in [0.3, 0.4) is 0 Å². The number of hydrogen-bond donors (Lipinski definition) is 2. The second-order valence-corrected chi connectivity index (χ2v) is 6.18. The molecule has 1 aliphatic rings. The number of aliphatic imine (C=N–C) groups is 1. The van der Waals surface area contributed by atoms with Gasteiger partial charge in [0.05, 0.1) is 0 Å². The summed E-state index contributed by atoms with van der Waals surface area (Å²) in [6, 6.07) is 4.09. The molecule has 22 heavy (non-hydrogen) atoms. The fraction of sp³-hybridized carbons (Fsp3) is 0.667. The molecule has 4 heteroatoms. The monoisotopic (exact) mass is 302 g/mol. The van der Waals surface area contributed by atoms with Gasteiger partial charge in [0, 0.05) is 32.5 Å². The van der Waals surface area contributed by atoms with Crippen LogP contribution in [0.1, 0.15) is 50.5 Å². The molecule has 0 atom stereocenters. The first kappa shape index (κ1) is 16.8. The van der Waals surface area contributed by atoms with Gasteiger partial charge >= 0.3 is 0 Å². The zero-order valence-electron chi connectivity index (χ0n) is 13.9. The minimum absolute atomic E-state index is 0.883. The van der Waals surface area contributed by atoms with Crippen molar-refractivity contribution < 1.29 is 0 Å². The molecule has 1 aromatic rings. The van der Waals surface area contributed by atoms with Crippen LogP contribution in [-0.4, -0.2) is 31.1 Å². The highest BCUT2D eigenvalue weighted by Gasteiger charge is 2.12. The normalized spacial score (nSPS) is 16.5. The van der Waals surface area contributed by atoms with Crippen molar-refractivity contribution in [2.24, 2.45) is 10.9 Å². The van der Waals surface area contributed by atoms with Crippen molar-refractivity contribution >= 4 is 5.96 Å². The van der Waals surface area contributed by atoms with E-state index in [1.807, 2.05) is 25.5 Å². The van der Waals surface area contributed by atoms with Gasteiger partial charge in [-0.05, 0) is 36.8 Å². The quantitative estimate of drug-likeness (QED) is 0.462. The summed E-state index contributed by atoms with van der Waals surface area (Å²) in [4.78, 5) is 8.42. The van der Waals surface area contributed by atoms with Gasteiger partial charge in [-0.3, -0.25) is 9.98 Å². The number of nitrogens with one attached hydrogen (secondary N) is 2. The van der Waals surface area contributed by atoms with Crippen LogP contribution in [0.25, 0.3) is 0 Å². The minimum Gasteiger partial charge on any atom is -0.356 e. The Balaban J connectivity index is 1.55. The van der Waals surface area contributed by atoms with Crippen molar-refractivity contribution in [1.82, 2.24) is 15.6 Å².